The van der Waals surface area contributed by atoms with Crippen molar-refractivity contribution >= 4 is 27.5 Å². The number of hydrogen-bond acceptors (Lipinski definition) is 2. The van der Waals surface area contributed by atoms with Crippen molar-refractivity contribution in [2.24, 2.45) is 5.92 Å². The van der Waals surface area contributed by atoms with Gasteiger partial charge in [-0.2, -0.15) is 0 Å². The molecule has 1 aliphatic rings. The number of halogens is 2. The monoisotopic (exact) mass is 344 g/mol. The highest BCUT2D eigenvalue weighted by atomic mass is 79.9. The summed E-state index contributed by atoms with van der Waals surface area (Å²) in [4.78, 5) is 2.46. The molecule has 2 atom stereocenters. The van der Waals surface area contributed by atoms with Crippen LogP contribution < -0.4 is 5.32 Å². The highest BCUT2D eigenvalue weighted by Crippen LogP contribution is 2.38. The molecule has 2 nitrogen and oxygen atoms in total. The molecule has 106 valence electrons. The minimum absolute atomic E-state index is 0.403. The van der Waals surface area contributed by atoms with Gasteiger partial charge in [0.1, 0.15) is 0 Å². The Labute approximate surface area is 129 Å². The van der Waals surface area contributed by atoms with Crippen LogP contribution in [-0.2, 0) is 0 Å². The molecule has 1 heterocycles. The van der Waals surface area contributed by atoms with E-state index < -0.39 is 0 Å². The Balaban J connectivity index is 2.36. The predicted octanol–water partition coefficient (Wildman–Crippen LogP) is 4.09. The third-order valence-corrected chi connectivity index (χ3v) is 4.84. The summed E-state index contributed by atoms with van der Waals surface area (Å²) < 4.78 is 1.10. The van der Waals surface area contributed by atoms with Crippen molar-refractivity contribution in [2.45, 2.75) is 25.3 Å². The minimum atomic E-state index is 0.403. The molecule has 1 aliphatic heterocycles. The van der Waals surface area contributed by atoms with E-state index in [1.807, 2.05) is 19.2 Å². The minimum Gasteiger partial charge on any atom is -0.319 e. The zero-order chi connectivity index (χ0) is 13.8. The van der Waals surface area contributed by atoms with Crippen LogP contribution in [0.4, 0.5) is 0 Å². The van der Waals surface area contributed by atoms with E-state index in [0.717, 1.165) is 22.6 Å². The second-order valence-corrected chi connectivity index (χ2v) is 6.73. The first-order chi connectivity index (χ1) is 9.13. The van der Waals surface area contributed by atoms with Crippen LogP contribution in [0.15, 0.2) is 22.7 Å². The standard InChI is InChI=1S/C15H22BrClN2/c1-18-10-11-5-3-4-8-19(2)15(11)13-9-12(16)6-7-14(13)17/h6-7,9,11,15,18H,3-5,8,10H2,1-2H3. The molecule has 0 saturated carbocycles. The van der Waals surface area contributed by atoms with Gasteiger partial charge in [-0.25, -0.2) is 0 Å². The second kappa shape index (κ2) is 7.07. The fraction of sp³-hybridized carbons (Fsp3) is 0.600. The van der Waals surface area contributed by atoms with Gasteiger partial charge in [-0.3, -0.25) is 4.90 Å². The summed E-state index contributed by atoms with van der Waals surface area (Å²) in [5.41, 5.74) is 1.25. The summed E-state index contributed by atoms with van der Waals surface area (Å²) >= 11 is 10.0. The lowest BCUT2D eigenvalue weighted by Crippen LogP contribution is -2.34. The number of benzene rings is 1. The van der Waals surface area contributed by atoms with Gasteiger partial charge in [0.05, 0.1) is 0 Å². The second-order valence-electron chi connectivity index (χ2n) is 5.40. The lowest BCUT2D eigenvalue weighted by Gasteiger charge is -2.33. The van der Waals surface area contributed by atoms with E-state index in [4.69, 9.17) is 11.6 Å². The summed E-state index contributed by atoms with van der Waals surface area (Å²) in [7, 11) is 4.25. The van der Waals surface area contributed by atoms with Crippen LogP contribution in [0.2, 0.25) is 5.02 Å². The Kier molecular flexibility index (Phi) is 5.70. The van der Waals surface area contributed by atoms with Crippen molar-refractivity contribution in [3.63, 3.8) is 0 Å². The number of rotatable bonds is 3. The molecule has 1 aromatic rings. The zero-order valence-electron chi connectivity index (χ0n) is 11.6. The van der Waals surface area contributed by atoms with E-state index in [2.05, 4.69) is 39.3 Å². The highest BCUT2D eigenvalue weighted by molar-refractivity contribution is 9.10. The molecule has 1 N–H and O–H groups in total. The van der Waals surface area contributed by atoms with E-state index in [9.17, 15) is 0 Å². The highest BCUT2D eigenvalue weighted by Gasteiger charge is 2.30. The molecule has 0 aromatic heterocycles. The average molecular weight is 346 g/mol. The molecule has 0 aliphatic carbocycles. The van der Waals surface area contributed by atoms with Crippen molar-refractivity contribution in [1.29, 1.82) is 0 Å². The topological polar surface area (TPSA) is 15.3 Å². The molecule has 0 radical (unpaired) electrons. The molecule has 1 aromatic carbocycles. The lowest BCUT2D eigenvalue weighted by atomic mass is 9.89. The maximum absolute atomic E-state index is 6.45. The Morgan fingerprint density at radius 3 is 2.95 bits per heavy atom. The zero-order valence-corrected chi connectivity index (χ0v) is 14.0. The van der Waals surface area contributed by atoms with Crippen LogP contribution in [0.3, 0.4) is 0 Å². The van der Waals surface area contributed by atoms with Gasteiger partial charge < -0.3 is 5.32 Å². The van der Waals surface area contributed by atoms with Crippen LogP contribution in [0.1, 0.15) is 30.9 Å². The Bertz CT molecular complexity index is 425. The van der Waals surface area contributed by atoms with Crippen molar-refractivity contribution in [1.82, 2.24) is 10.2 Å². The van der Waals surface area contributed by atoms with Crippen LogP contribution in [0, 0.1) is 5.92 Å². The Morgan fingerprint density at radius 2 is 2.21 bits per heavy atom. The first kappa shape index (κ1) is 15.3. The summed E-state index contributed by atoms with van der Waals surface area (Å²) in [6.45, 7) is 2.19. The molecule has 0 bridgehead atoms. The SMILES string of the molecule is CNCC1CCCCN(C)C1c1cc(Br)ccc1Cl. The van der Waals surface area contributed by atoms with Crippen molar-refractivity contribution in [2.75, 3.05) is 27.2 Å². The molecular weight excluding hydrogens is 324 g/mol. The normalized spacial score (nSPS) is 25.3. The first-order valence-electron chi connectivity index (χ1n) is 6.93. The third kappa shape index (κ3) is 3.72. The van der Waals surface area contributed by atoms with Gasteiger partial charge in [-0.05, 0) is 69.7 Å². The molecule has 1 saturated heterocycles. The van der Waals surface area contributed by atoms with E-state index in [1.54, 1.807) is 0 Å². The van der Waals surface area contributed by atoms with Crippen LogP contribution in [-0.4, -0.2) is 32.1 Å². The Morgan fingerprint density at radius 1 is 1.42 bits per heavy atom. The van der Waals surface area contributed by atoms with Crippen molar-refractivity contribution in [3.05, 3.63) is 33.3 Å². The number of nitrogens with zero attached hydrogens (tertiary/aromatic N) is 1. The third-order valence-electron chi connectivity index (χ3n) is 4.00. The fourth-order valence-electron chi connectivity index (χ4n) is 3.13. The quantitative estimate of drug-likeness (QED) is 0.887. The maximum atomic E-state index is 6.45. The van der Waals surface area contributed by atoms with E-state index in [0.29, 0.717) is 12.0 Å². The summed E-state index contributed by atoms with van der Waals surface area (Å²) in [5, 5.41) is 4.22. The molecule has 19 heavy (non-hydrogen) atoms. The van der Waals surface area contributed by atoms with E-state index in [1.165, 1.54) is 24.8 Å². The number of likely N-dealkylation sites (tertiary alicyclic amines) is 1. The van der Waals surface area contributed by atoms with Gasteiger partial charge in [-0.15, -0.1) is 0 Å². The van der Waals surface area contributed by atoms with E-state index >= 15 is 0 Å². The molecule has 4 heteroatoms. The lowest BCUT2D eigenvalue weighted by molar-refractivity contribution is 0.191. The van der Waals surface area contributed by atoms with Crippen LogP contribution in [0.5, 0.6) is 0 Å². The van der Waals surface area contributed by atoms with E-state index in [-0.39, 0.29) is 0 Å². The number of hydrogen-bond donors (Lipinski definition) is 1. The fourth-order valence-corrected chi connectivity index (χ4v) is 3.74. The smallest absolute Gasteiger partial charge is 0.0454 e. The van der Waals surface area contributed by atoms with Gasteiger partial charge >= 0.3 is 0 Å². The molecule has 2 rings (SSSR count). The maximum Gasteiger partial charge on any atom is 0.0454 e. The van der Waals surface area contributed by atoms with Gasteiger partial charge in [0.25, 0.3) is 0 Å². The van der Waals surface area contributed by atoms with Gasteiger partial charge in [-0.1, -0.05) is 34.0 Å². The molecule has 0 spiro atoms. The summed E-state index contributed by atoms with van der Waals surface area (Å²) in [6.07, 6.45) is 3.84. The predicted molar refractivity (Wildman–Crippen MR) is 85.8 cm³/mol. The van der Waals surface area contributed by atoms with Gasteiger partial charge in [0.15, 0.2) is 0 Å². The molecule has 2 unspecified atom stereocenters. The molecular formula is C15H22BrClN2. The summed E-state index contributed by atoms with van der Waals surface area (Å²) in [5.74, 6) is 0.615. The summed E-state index contributed by atoms with van der Waals surface area (Å²) in [6, 6.07) is 6.59. The average Bonchev–Trinajstić information content (AvgIpc) is 2.55. The van der Waals surface area contributed by atoms with Crippen LogP contribution in [0.25, 0.3) is 0 Å². The van der Waals surface area contributed by atoms with Gasteiger partial charge in [0, 0.05) is 15.5 Å². The molecule has 0 amide bonds. The first-order valence-corrected chi connectivity index (χ1v) is 8.10. The largest absolute Gasteiger partial charge is 0.319 e. The molecule has 1 fully saturated rings. The van der Waals surface area contributed by atoms with Crippen molar-refractivity contribution < 1.29 is 0 Å². The van der Waals surface area contributed by atoms with Crippen LogP contribution >= 0.6 is 27.5 Å². The Hall–Kier alpha value is -0.0900. The van der Waals surface area contributed by atoms with Crippen molar-refractivity contribution in [3.8, 4) is 0 Å². The van der Waals surface area contributed by atoms with Gasteiger partial charge in [0.2, 0.25) is 0 Å². The number of nitrogens with one attached hydrogen (secondary N) is 1.